The molecule has 2 aromatic rings. The summed E-state index contributed by atoms with van der Waals surface area (Å²) in [5.74, 6) is 7.63. The fourth-order valence-electron chi connectivity index (χ4n) is 4.83. The van der Waals surface area contributed by atoms with Gasteiger partial charge in [-0.1, -0.05) is 93.9 Å². The summed E-state index contributed by atoms with van der Waals surface area (Å²) in [6.07, 6.45) is 17.1. The fraction of sp³-hybridized carbons (Fsp3) is 0.333. The van der Waals surface area contributed by atoms with Crippen LogP contribution in [-0.4, -0.2) is 16.6 Å². The van der Waals surface area contributed by atoms with Crippen LogP contribution in [0.2, 0.25) is 0 Å². The monoisotopic (exact) mass is 477 g/mol. The first-order valence-corrected chi connectivity index (χ1v) is 13.1. The van der Waals surface area contributed by atoms with Gasteiger partial charge in [-0.25, -0.2) is 0 Å². The summed E-state index contributed by atoms with van der Waals surface area (Å²) >= 11 is 0. The summed E-state index contributed by atoms with van der Waals surface area (Å²) in [6.45, 7) is 4.55. The van der Waals surface area contributed by atoms with E-state index in [-0.39, 0.29) is 18.1 Å². The number of allylic oxidation sites excluding steroid dienone is 5. The Balaban J connectivity index is 1.33. The lowest BCUT2D eigenvalue weighted by Gasteiger charge is -2.10. The molecule has 2 atom stereocenters. The second-order valence-electron chi connectivity index (χ2n) is 9.89. The van der Waals surface area contributed by atoms with Crippen molar-refractivity contribution in [2.24, 2.45) is 16.8 Å². The molecule has 2 aromatic carbocycles. The highest BCUT2D eigenvalue weighted by Crippen LogP contribution is 2.25. The molecule has 2 unspecified atom stereocenters. The minimum Gasteiger partial charge on any atom is -0.508 e. The van der Waals surface area contributed by atoms with Crippen molar-refractivity contribution in [3.8, 4) is 17.6 Å². The number of rotatable bonds is 10. The standard InChI is InChI=1S/C33H35NO2/c1-3-9-24(2)10-4-5-12-27-18-17-26(21-32(27)35)22-33(36)28-13-8-11-25(20-28)16-19-29-23-34-31-15-7-6-14-30(29)31/h6-8,11,13-15,17-18,20-21,23-24,30,35H,3-5,9-10,12,22H2,1-2H3. The molecule has 0 saturated carbocycles. The number of carbonyl (C=O) groups is 1. The van der Waals surface area contributed by atoms with E-state index in [1.54, 1.807) is 6.07 Å². The van der Waals surface area contributed by atoms with Crippen LogP contribution in [-0.2, 0) is 12.8 Å². The summed E-state index contributed by atoms with van der Waals surface area (Å²) in [6, 6.07) is 13.1. The molecule has 0 amide bonds. The predicted molar refractivity (Wildman–Crippen MR) is 148 cm³/mol. The number of phenolic OH excluding ortho intramolecular Hbond substituents is 1. The molecule has 3 nitrogen and oxygen atoms in total. The zero-order valence-corrected chi connectivity index (χ0v) is 21.3. The average molecular weight is 478 g/mol. The molecule has 0 spiro atoms. The summed E-state index contributed by atoms with van der Waals surface area (Å²) in [5, 5.41) is 10.5. The average Bonchev–Trinajstić information content (AvgIpc) is 3.30. The first-order valence-electron chi connectivity index (χ1n) is 13.1. The van der Waals surface area contributed by atoms with E-state index in [2.05, 4.69) is 36.8 Å². The van der Waals surface area contributed by atoms with Crippen LogP contribution in [0.1, 0.15) is 73.0 Å². The van der Waals surface area contributed by atoms with Gasteiger partial charge in [0.15, 0.2) is 5.78 Å². The first kappa shape index (κ1) is 25.5. The van der Waals surface area contributed by atoms with Gasteiger partial charge < -0.3 is 5.11 Å². The zero-order chi connectivity index (χ0) is 25.3. The summed E-state index contributed by atoms with van der Waals surface area (Å²) in [7, 11) is 0. The molecule has 1 aliphatic heterocycles. The van der Waals surface area contributed by atoms with Gasteiger partial charge in [0, 0.05) is 29.3 Å². The molecular weight excluding hydrogens is 442 g/mol. The van der Waals surface area contributed by atoms with Crippen molar-refractivity contribution in [2.45, 2.75) is 58.8 Å². The van der Waals surface area contributed by atoms with Gasteiger partial charge in [0.1, 0.15) is 5.75 Å². The van der Waals surface area contributed by atoms with Crippen molar-refractivity contribution in [1.82, 2.24) is 0 Å². The lowest BCUT2D eigenvalue weighted by atomic mass is 9.93. The molecule has 1 heterocycles. The number of hydrogen-bond acceptors (Lipinski definition) is 3. The molecule has 0 fully saturated rings. The van der Waals surface area contributed by atoms with Crippen molar-refractivity contribution >= 4 is 11.5 Å². The number of aromatic hydroxyl groups is 1. The number of nitrogens with zero attached hydrogens (tertiary/aromatic N) is 1. The van der Waals surface area contributed by atoms with Crippen molar-refractivity contribution < 1.29 is 9.90 Å². The fourth-order valence-corrected chi connectivity index (χ4v) is 4.83. The van der Waals surface area contributed by atoms with E-state index >= 15 is 0 Å². The minimum atomic E-state index is 0.0155. The van der Waals surface area contributed by atoms with Gasteiger partial charge >= 0.3 is 0 Å². The third-order valence-corrected chi connectivity index (χ3v) is 6.91. The van der Waals surface area contributed by atoms with Crippen molar-refractivity contribution in [3.05, 3.63) is 101 Å². The lowest BCUT2D eigenvalue weighted by Crippen LogP contribution is -2.09. The minimum absolute atomic E-state index is 0.0155. The number of fused-ring (bicyclic) bond motifs is 1. The Hall–Kier alpha value is -3.64. The summed E-state index contributed by atoms with van der Waals surface area (Å²) < 4.78 is 0. The van der Waals surface area contributed by atoms with E-state index in [1.807, 2.05) is 60.8 Å². The smallest absolute Gasteiger partial charge is 0.167 e. The molecule has 0 bridgehead atoms. The molecule has 0 aromatic heterocycles. The number of unbranched alkanes of at least 4 members (excludes halogenated alkanes) is 1. The van der Waals surface area contributed by atoms with Crippen molar-refractivity contribution in [1.29, 1.82) is 0 Å². The Morgan fingerprint density at radius 1 is 1.08 bits per heavy atom. The van der Waals surface area contributed by atoms with E-state index in [1.165, 1.54) is 25.7 Å². The number of Topliss-reactive ketones (excluding diaryl/α,β-unsaturated/α-hetero) is 1. The van der Waals surface area contributed by atoms with Gasteiger partial charge in [0.25, 0.3) is 0 Å². The Morgan fingerprint density at radius 3 is 2.81 bits per heavy atom. The molecular formula is C33H35NO2. The number of benzene rings is 2. The quantitative estimate of drug-likeness (QED) is 0.220. The van der Waals surface area contributed by atoms with Crippen LogP contribution < -0.4 is 0 Å². The van der Waals surface area contributed by atoms with E-state index in [9.17, 15) is 9.90 Å². The van der Waals surface area contributed by atoms with Gasteiger partial charge in [-0.05, 0) is 54.2 Å². The second-order valence-corrected chi connectivity index (χ2v) is 9.89. The number of hydrogen-bond donors (Lipinski definition) is 1. The molecule has 0 radical (unpaired) electrons. The van der Waals surface area contributed by atoms with E-state index in [4.69, 9.17) is 0 Å². The summed E-state index contributed by atoms with van der Waals surface area (Å²) in [4.78, 5) is 17.4. The topological polar surface area (TPSA) is 49.7 Å². The molecule has 0 saturated heterocycles. The third-order valence-electron chi connectivity index (χ3n) is 6.91. The normalized spacial score (nSPS) is 16.6. The molecule has 3 heteroatoms. The Morgan fingerprint density at radius 2 is 1.97 bits per heavy atom. The maximum atomic E-state index is 13.0. The van der Waals surface area contributed by atoms with Gasteiger partial charge in [-0.15, -0.1) is 0 Å². The molecule has 1 N–H and O–H groups in total. The number of carbonyl (C=O) groups excluding carboxylic acids is 1. The third kappa shape index (κ3) is 6.73. The van der Waals surface area contributed by atoms with E-state index in [0.717, 1.165) is 46.7 Å². The molecule has 2 aliphatic rings. The lowest BCUT2D eigenvalue weighted by molar-refractivity contribution is 0.0993. The highest BCUT2D eigenvalue weighted by Gasteiger charge is 2.20. The van der Waals surface area contributed by atoms with Gasteiger partial charge in [-0.3, -0.25) is 9.79 Å². The Labute approximate surface area is 215 Å². The van der Waals surface area contributed by atoms with E-state index < -0.39 is 0 Å². The number of aliphatic imine (C=N–C) groups is 1. The SMILES string of the molecule is CCCC(C)CCCCc1ccc(CC(=O)c2cccc(C#CC3=CN=C4C=CC=CC34)c2)cc1O. The largest absolute Gasteiger partial charge is 0.508 e. The first-order chi connectivity index (χ1) is 17.5. The van der Waals surface area contributed by atoms with E-state index in [0.29, 0.717) is 11.3 Å². The van der Waals surface area contributed by atoms with Gasteiger partial charge in [0.05, 0.1) is 11.6 Å². The highest BCUT2D eigenvalue weighted by molar-refractivity contribution is 6.04. The van der Waals surface area contributed by atoms with Gasteiger partial charge in [-0.2, -0.15) is 0 Å². The molecule has 4 rings (SSSR count). The Kier molecular flexibility index (Phi) is 8.74. The maximum absolute atomic E-state index is 13.0. The van der Waals surface area contributed by atoms with Crippen LogP contribution in [0.3, 0.4) is 0 Å². The summed E-state index contributed by atoms with van der Waals surface area (Å²) in [5.41, 5.74) is 5.20. The number of phenols is 1. The van der Waals surface area contributed by atoms with Gasteiger partial charge in [0.2, 0.25) is 0 Å². The second kappa shape index (κ2) is 12.4. The molecule has 184 valence electrons. The molecule has 1 aliphatic carbocycles. The number of aryl methyl sites for hydroxylation is 1. The predicted octanol–water partition coefficient (Wildman–Crippen LogP) is 7.40. The maximum Gasteiger partial charge on any atom is 0.167 e. The van der Waals surface area contributed by atoms with Crippen LogP contribution in [0.15, 0.2) is 83.5 Å². The van der Waals surface area contributed by atoms with Crippen LogP contribution in [0.25, 0.3) is 0 Å². The Bertz CT molecular complexity index is 1280. The van der Waals surface area contributed by atoms with Crippen molar-refractivity contribution in [2.75, 3.05) is 0 Å². The van der Waals surface area contributed by atoms with Crippen LogP contribution in [0, 0.1) is 23.7 Å². The number of ketones is 1. The van der Waals surface area contributed by atoms with Crippen LogP contribution in [0.5, 0.6) is 5.75 Å². The highest BCUT2D eigenvalue weighted by atomic mass is 16.3. The van der Waals surface area contributed by atoms with Crippen LogP contribution >= 0.6 is 0 Å². The zero-order valence-electron chi connectivity index (χ0n) is 21.3. The van der Waals surface area contributed by atoms with Crippen molar-refractivity contribution in [3.63, 3.8) is 0 Å². The molecule has 36 heavy (non-hydrogen) atoms. The van der Waals surface area contributed by atoms with Crippen LogP contribution in [0.4, 0.5) is 0 Å².